The summed E-state index contributed by atoms with van der Waals surface area (Å²) in [6.45, 7) is 0. The lowest BCUT2D eigenvalue weighted by Gasteiger charge is -2.03. The number of hydrogen-bond acceptors (Lipinski definition) is 5. The second kappa shape index (κ2) is 4.56. The highest BCUT2D eigenvalue weighted by atomic mass is 16.3. The van der Waals surface area contributed by atoms with Gasteiger partial charge in [0.1, 0.15) is 5.75 Å². The van der Waals surface area contributed by atoms with Crippen molar-refractivity contribution < 1.29 is 25.2 Å². The zero-order chi connectivity index (χ0) is 15.1. The minimum Gasteiger partial charge on any atom is -0.508 e. The Bertz CT molecular complexity index is 766. The summed E-state index contributed by atoms with van der Waals surface area (Å²) in [4.78, 5) is 12.2. The Labute approximate surface area is 120 Å². The molecule has 3 rings (SSSR count). The maximum atomic E-state index is 12.2. The number of benzene rings is 2. The summed E-state index contributed by atoms with van der Waals surface area (Å²) in [5, 5.41) is 37.7. The number of carbonyl (C=O) groups excluding carboxylic acids is 1. The molecule has 0 fully saturated rings. The summed E-state index contributed by atoms with van der Waals surface area (Å²) in [5.41, 5.74) is 2.16. The van der Waals surface area contributed by atoms with Gasteiger partial charge in [0.2, 0.25) is 0 Å². The summed E-state index contributed by atoms with van der Waals surface area (Å²) in [7, 11) is 0. The molecule has 0 saturated heterocycles. The predicted molar refractivity (Wildman–Crippen MR) is 75.6 cm³/mol. The number of ketones is 1. The monoisotopic (exact) mass is 284 g/mol. The van der Waals surface area contributed by atoms with Crippen LogP contribution in [0.4, 0.5) is 0 Å². The maximum absolute atomic E-state index is 12.2. The molecule has 2 aromatic carbocycles. The van der Waals surface area contributed by atoms with Crippen LogP contribution in [0, 0.1) is 0 Å². The lowest BCUT2D eigenvalue weighted by molar-refractivity contribution is 0.104. The van der Waals surface area contributed by atoms with E-state index >= 15 is 0 Å². The van der Waals surface area contributed by atoms with Crippen LogP contribution in [0.5, 0.6) is 23.0 Å². The van der Waals surface area contributed by atoms with Gasteiger partial charge in [0.05, 0.1) is 0 Å². The molecule has 0 unspecified atom stereocenters. The lowest BCUT2D eigenvalue weighted by atomic mass is 10.1. The molecule has 0 radical (unpaired) electrons. The third kappa shape index (κ3) is 2.18. The van der Waals surface area contributed by atoms with E-state index in [1.165, 1.54) is 30.3 Å². The van der Waals surface area contributed by atoms with Crippen LogP contribution in [0.3, 0.4) is 0 Å². The van der Waals surface area contributed by atoms with Crippen LogP contribution < -0.4 is 0 Å². The number of carbonyl (C=O) groups is 1. The van der Waals surface area contributed by atoms with E-state index in [4.69, 9.17) is 0 Å². The molecule has 1 aliphatic rings. The lowest BCUT2D eigenvalue weighted by Crippen LogP contribution is -1.95. The van der Waals surface area contributed by atoms with Crippen LogP contribution in [0.2, 0.25) is 0 Å². The molecule has 0 amide bonds. The van der Waals surface area contributed by atoms with Gasteiger partial charge in [0.15, 0.2) is 23.0 Å². The van der Waals surface area contributed by atoms with Crippen molar-refractivity contribution in [3.63, 3.8) is 0 Å². The number of rotatable bonds is 1. The highest BCUT2D eigenvalue weighted by Crippen LogP contribution is 2.37. The first-order chi connectivity index (χ1) is 9.95. The summed E-state index contributed by atoms with van der Waals surface area (Å²) in [5.74, 6) is -1.68. The van der Waals surface area contributed by atoms with Crippen molar-refractivity contribution in [3.05, 3.63) is 52.6 Å². The van der Waals surface area contributed by atoms with Gasteiger partial charge >= 0.3 is 0 Å². The number of phenols is 4. The van der Waals surface area contributed by atoms with Gasteiger partial charge < -0.3 is 20.4 Å². The normalized spacial score (nSPS) is 15.4. The van der Waals surface area contributed by atoms with E-state index in [9.17, 15) is 25.2 Å². The molecule has 1 aliphatic carbocycles. The molecule has 0 spiro atoms. The third-order valence-corrected chi connectivity index (χ3v) is 3.44. The Morgan fingerprint density at radius 3 is 2.29 bits per heavy atom. The Balaban J connectivity index is 2.02. The van der Waals surface area contributed by atoms with Crippen LogP contribution in [-0.4, -0.2) is 26.2 Å². The number of phenolic OH excluding ortho intramolecular Hbond substituents is 4. The first-order valence-electron chi connectivity index (χ1n) is 6.28. The molecule has 0 aromatic heterocycles. The quantitative estimate of drug-likeness (QED) is 0.476. The molecule has 106 valence electrons. The van der Waals surface area contributed by atoms with Crippen molar-refractivity contribution >= 4 is 11.9 Å². The van der Waals surface area contributed by atoms with Gasteiger partial charge in [-0.3, -0.25) is 4.79 Å². The van der Waals surface area contributed by atoms with E-state index in [0.717, 1.165) is 5.56 Å². The largest absolute Gasteiger partial charge is 0.508 e. The van der Waals surface area contributed by atoms with Crippen molar-refractivity contribution in [1.82, 2.24) is 0 Å². The molecule has 0 bridgehead atoms. The standard InChI is InChI=1S/C16H12O5/c17-11-2-1-9-6-10(15(20)12(9)7-11)3-8-4-13(18)16(21)14(19)5-8/h1-5,7,17-19,21H,6H2. The fourth-order valence-corrected chi connectivity index (χ4v) is 2.41. The molecule has 21 heavy (non-hydrogen) atoms. The van der Waals surface area contributed by atoms with Gasteiger partial charge in [-0.25, -0.2) is 0 Å². The summed E-state index contributed by atoms with van der Waals surface area (Å²) in [6, 6.07) is 7.15. The molecule has 5 heteroatoms. The van der Waals surface area contributed by atoms with Gasteiger partial charge in [-0.1, -0.05) is 6.07 Å². The Kier molecular flexibility index (Phi) is 2.83. The fourth-order valence-electron chi connectivity index (χ4n) is 2.41. The molecule has 2 aromatic rings. The first-order valence-corrected chi connectivity index (χ1v) is 6.28. The third-order valence-electron chi connectivity index (χ3n) is 3.44. The average Bonchev–Trinajstić information content (AvgIpc) is 2.73. The molecule has 0 saturated carbocycles. The van der Waals surface area contributed by atoms with Crippen LogP contribution in [0.15, 0.2) is 35.9 Å². The van der Waals surface area contributed by atoms with E-state index in [1.54, 1.807) is 6.07 Å². The molecule has 5 nitrogen and oxygen atoms in total. The zero-order valence-corrected chi connectivity index (χ0v) is 10.9. The molecular weight excluding hydrogens is 272 g/mol. The van der Waals surface area contributed by atoms with Crippen LogP contribution in [0.25, 0.3) is 6.08 Å². The van der Waals surface area contributed by atoms with Crippen LogP contribution >= 0.6 is 0 Å². The Hall–Kier alpha value is -2.95. The van der Waals surface area contributed by atoms with Crippen LogP contribution in [-0.2, 0) is 6.42 Å². The van der Waals surface area contributed by atoms with Crippen molar-refractivity contribution in [3.8, 4) is 23.0 Å². The van der Waals surface area contributed by atoms with E-state index in [1.807, 2.05) is 0 Å². The molecule has 0 heterocycles. The van der Waals surface area contributed by atoms with Gasteiger partial charge in [0, 0.05) is 17.6 Å². The molecule has 4 N–H and O–H groups in total. The summed E-state index contributed by atoms with van der Waals surface area (Å²) < 4.78 is 0. The Morgan fingerprint density at radius 1 is 0.952 bits per heavy atom. The SMILES string of the molecule is O=C1C(=Cc2cc(O)c(O)c(O)c2)Cc2ccc(O)cc21. The molecular formula is C16H12O5. The topological polar surface area (TPSA) is 98.0 Å². The van der Waals surface area contributed by atoms with Crippen molar-refractivity contribution in [2.24, 2.45) is 0 Å². The van der Waals surface area contributed by atoms with E-state index < -0.39 is 17.2 Å². The fraction of sp³-hybridized carbons (Fsp3) is 0.0625. The van der Waals surface area contributed by atoms with Crippen LogP contribution in [0.1, 0.15) is 21.5 Å². The van der Waals surface area contributed by atoms with Crippen molar-refractivity contribution in [1.29, 1.82) is 0 Å². The van der Waals surface area contributed by atoms with E-state index in [2.05, 4.69) is 0 Å². The Morgan fingerprint density at radius 2 is 1.62 bits per heavy atom. The second-order valence-electron chi connectivity index (χ2n) is 4.92. The summed E-state index contributed by atoms with van der Waals surface area (Å²) in [6.07, 6.45) is 1.95. The number of hydrogen-bond donors (Lipinski definition) is 4. The van der Waals surface area contributed by atoms with Gasteiger partial charge in [-0.2, -0.15) is 0 Å². The molecule has 0 atom stereocenters. The summed E-state index contributed by atoms with van der Waals surface area (Å²) >= 11 is 0. The number of fused-ring (bicyclic) bond motifs is 1. The van der Waals surface area contributed by atoms with Gasteiger partial charge in [-0.15, -0.1) is 0 Å². The zero-order valence-electron chi connectivity index (χ0n) is 10.9. The maximum Gasteiger partial charge on any atom is 0.200 e. The molecule has 0 aliphatic heterocycles. The highest BCUT2D eigenvalue weighted by molar-refractivity contribution is 6.15. The van der Waals surface area contributed by atoms with Crippen molar-refractivity contribution in [2.45, 2.75) is 6.42 Å². The first kappa shape index (κ1) is 13.1. The van der Waals surface area contributed by atoms with Gasteiger partial charge in [-0.05, 0) is 41.5 Å². The highest BCUT2D eigenvalue weighted by Gasteiger charge is 2.25. The number of aromatic hydroxyl groups is 4. The van der Waals surface area contributed by atoms with E-state index in [0.29, 0.717) is 23.1 Å². The number of Topliss-reactive ketones (excluding diaryl/α,β-unsaturated/α-hetero) is 1. The van der Waals surface area contributed by atoms with Gasteiger partial charge in [0.25, 0.3) is 0 Å². The smallest absolute Gasteiger partial charge is 0.200 e. The van der Waals surface area contributed by atoms with Crippen molar-refractivity contribution in [2.75, 3.05) is 0 Å². The predicted octanol–water partition coefficient (Wildman–Crippen LogP) is 2.33. The number of allylic oxidation sites excluding steroid dienone is 1. The average molecular weight is 284 g/mol. The minimum absolute atomic E-state index is 0.0308. The second-order valence-corrected chi connectivity index (χ2v) is 4.92. The van der Waals surface area contributed by atoms with E-state index in [-0.39, 0.29) is 11.5 Å². The minimum atomic E-state index is -0.594.